The van der Waals surface area contributed by atoms with E-state index in [2.05, 4.69) is 15.2 Å². The molecule has 8 heteroatoms. The molecule has 33 heavy (non-hydrogen) atoms. The Morgan fingerprint density at radius 3 is 2.55 bits per heavy atom. The van der Waals surface area contributed by atoms with Crippen molar-refractivity contribution in [3.63, 3.8) is 0 Å². The van der Waals surface area contributed by atoms with E-state index in [1.54, 1.807) is 0 Å². The van der Waals surface area contributed by atoms with Gasteiger partial charge in [-0.2, -0.15) is 4.98 Å². The number of amides is 1. The van der Waals surface area contributed by atoms with Crippen molar-refractivity contribution in [2.45, 2.75) is 32.2 Å². The molecule has 8 nitrogen and oxygen atoms in total. The van der Waals surface area contributed by atoms with Crippen LogP contribution in [-0.4, -0.2) is 59.3 Å². The summed E-state index contributed by atoms with van der Waals surface area (Å²) in [6.07, 6.45) is 1.84. The molecule has 0 bridgehead atoms. The molecule has 1 saturated heterocycles. The summed E-state index contributed by atoms with van der Waals surface area (Å²) in [7, 11) is 0. The van der Waals surface area contributed by atoms with Gasteiger partial charge in [-0.05, 0) is 76.2 Å². The smallest absolute Gasteiger partial charge is 0.400 e. The van der Waals surface area contributed by atoms with Crippen LogP contribution in [0.15, 0.2) is 52.9 Å². The van der Waals surface area contributed by atoms with E-state index in [-0.39, 0.29) is 24.5 Å². The van der Waals surface area contributed by atoms with E-state index < -0.39 is 5.54 Å². The third-order valence-electron chi connectivity index (χ3n) is 5.79. The number of fused-ring (bicyclic) bond motifs is 1. The first-order valence-corrected chi connectivity index (χ1v) is 11.3. The molecule has 0 radical (unpaired) electrons. The van der Waals surface area contributed by atoms with Gasteiger partial charge in [-0.1, -0.05) is 12.1 Å². The lowest BCUT2D eigenvalue weighted by atomic mass is 9.94. The van der Waals surface area contributed by atoms with E-state index in [0.29, 0.717) is 17.9 Å². The number of likely N-dealkylation sites (tertiary alicyclic amines) is 1. The molecule has 1 aromatic heterocycles. The highest BCUT2D eigenvalue weighted by atomic mass is 16.6. The third kappa shape index (κ3) is 6.24. The summed E-state index contributed by atoms with van der Waals surface area (Å²) in [6, 6.07) is 14.9. The number of aliphatic hydroxyl groups is 1. The van der Waals surface area contributed by atoms with Crippen molar-refractivity contribution in [2.24, 2.45) is 5.92 Å². The zero-order valence-electron chi connectivity index (χ0n) is 19.1. The quantitative estimate of drug-likeness (QED) is 0.511. The second-order valence-electron chi connectivity index (χ2n) is 9.02. The van der Waals surface area contributed by atoms with Gasteiger partial charge < -0.3 is 24.3 Å². The number of aliphatic hydroxyl groups excluding tert-OH is 1. The summed E-state index contributed by atoms with van der Waals surface area (Å²) in [5.74, 6) is 1.42. The number of rotatable bonds is 9. The molecular weight excluding hydrogens is 422 g/mol. The summed E-state index contributed by atoms with van der Waals surface area (Å²) in [4.78, 5) is 19.0. The molecule has 4 rings (SSSR count). The number of carbonyl (C=O) groups excluding carboxylic acids is 1. The monoisotopic (exact) mass is 453 g/mol. The van der Waals surface area contributed by atoms with Gasteiger partial charge in [0.05, 0.1) is 12.1 Å². The Balaban J connectivity index is 1.18. The molecule has 2 aromatic carbocycles. The zero-order chi connectivity index (χ0) is 23.3. The Morgan fingerprint density at radius 1 is 1.15 bits per heavy atom. The van der Waals surface area contributed by atoms with E-state index in [4.69, 9.17) is 13.9 Å². The summed E-state index contributed by atoms with van der Waals surface area (Å²) < 4.78 is 17.1. The fraction of sp³-hybridized carbons (Fsp3) is 0.440. The van der Waals surface area contributed by atoms with E-state index in [1.807, 2.05) is 62.4 Å². The van der Waals surface area contributed by atoms with Gasteiger partial charge in [-0.15, -0.1) is 0 Å². The van der Waals surface area contributed by atoms with Crippen molar-refractivity contribution in [2.75, 3.05) is 32.8 Å². The molecule has 1 fully saturated rings. The SMILES string of the molecule is CC(C)(CO)NC(=O)C1CCN(CCOc2ccc(Oc3nc4ccccc4o3)cc2)CC1. The molecular formula is C25H31N3O5. The Kier molecular flexibility index (Phi) is 7.15. The number of hydrogen-bond acceptors (Lipinski definition) is 7. The van der Waals surface area contributed by atoms with E-state index >= 15 is 0 Å². The van der Waals surface area contributed by atoms with Gasteiger partial charge in [0.25, 0.3) is 0 Å². The summed E-state index contributed by atoms with van der Waals surface area (Å²) in [5, 5.41) is 12.3. The van der Waals surface area contributed by atoms with Crippen molar-refractivity contribution in [3.05, 3.63) is 48.5 Å². The minimum atomic E-state index is -0.578. The predicted molar refractivity (Wildman–Crippen MR) is 124 cm³/mol. The van der Waals surface area contributed by atoms with Gasteiger partial charge in [0.1, 0.15) is 23.6 Å². The number of aromatic nitrogens is 1. The van der Waals surface area contributed by atoms with Crippen molar-refractivity contribution < 1.29 is 23.8 Å². The fourth-order valence-electron chi connectivity index (χ4n) is 3.79. The summed E-state index contributed by atoms with van der Waals surface area (Å²) in [6.45, 7) is 6.67. The number of oxazole rings is 1. The first kappa shape index (κ1) is 23.1. The molecule has 0 unspecified atom stereocenters. The van der Waals surface area contributed by atoms with Gasteiger partial charge in [0, 0.05) is 12.5 Å². The van der Waals surface area contributed by atoms with Crippen LogP contribution in [0.5, 0.6) is 17.6 Å². The average molecular weight is 454 g/mol. The maximum absolute atomic E-state index is 12.4. The number of nitrogens with one attached hydrogen (secondary N) is 1. The van der Waals surface area contributed by atoms with Crippen LogP contribution in [0.1, 0.15) is 26.7 Å². The van der Waals surface area contributed by atoms with Crippen LogP contribution < -0.4 is 14.8 Å². The third-order valence-corrected chi connectivity index (χ3v) is 5.79. The maximum atomic E-state index is 12.4. The number of para-hydroxylation sites is 2. The second-order valence-corrected chi connectivity index (χ2v) is 9.02. The zero-order valence-corrected chi connectivity index (χ0v) is 19.1. The van der Waals surface area contributed by atoms with Gasteiger partial charge in [-0.3, -0.25) is 9.69 Å². The molecule has 3 aromatic rings. The Bertz CT molecular complexity index is 1020. The normalized spacial score (nSPS) is 15.5. The first-order chi connectivity index (χ1) is 15.9. The van der Waals surface area contributed by atoms with Crippen LogP contribution in [0.25, 0.3) is 11.1 Å². The molecule has 2 N–H and O–H groups in total. The number of benzene rings is 2. The lowest BCUT2D eigenvalue weighted by Crippen LogP contribution is -2.50. The van der Waals surface area contributed by atoms with Crippen LogP contribution in [-0.2, 0) is 4.79 Å². The highest BCUT2D eigenvalue weighted by Gasteiger charge is 2.28. The Hall–Kier alpha value is -3.10. The van der Waals surface area contributed by atoms with Gasteiger partial charge in [-0.25, -0.2) is 0 Å². The van der Waals surface area contributed by atoms with Crippen LogP contribution in [0.2, 0.25) is 0 Å². The lowest BCUT2D eigenvalue weighted by molar-refractivity contribution is -0.128. The molecule has 1 aliphatic rings. The highest BCUT2D eigenvalue weighted by molar-refractivity contribution is 5.79. The molecule has 1 aliphatic heterocycles. The van der Waals surface area contributed by atoms with Crippen molar-refractivity contribution in [1.29, 1.82) is 0 Å². The van der Waals surface area contributed by atoms with E-state index in [0.717, 1.165) is 43.7 Å². The minimum absolute atomic E-state index is 0.00165. The predicted octanol–water partition coefficient (Wildman–Crippen LogP) is 3.60. The number of carbonyl (C=O) groups is 1. The molecule has 0 spiro atoms. The molecule has 0 aliphatic carbocycles. The minimum Gasteiger partial charge on any atom is -0.492 e. The summed E-state index contributed by atoms with van der Waals surface area (Å²) in [5.41, 5.74) is 0.864. The molecule has 1 amide bonds. The number of nitrogens with zero attached hydrogens (tertiary/aromatic N) is 2. The lowest BCUT2D eigenvalue weighted by Gasteiger charge is -2.33. The molecule has 176 valence electrons. The second kappa shape index (κ2) is 10.2. The largest absolute Gasteiger partial charge is 0.492 e. The van der Waals surface area contributed by atoms with E-state index in [1.165, 1.54) is 0 Å². The fourth-order valence-corrected chi connectivity index (χ4v) is 3.79. The molecule has 2 heterocycles. The highest BCUT2D eigenvalue weighted by Crippen LogP contribution is 2.26. The summed E-state index contributed by atoms with van der Waals surface area (Å²) >= 11 is 0. The van der Waals surface area contributed by atoms with Crippen molar-refractivity contribution >= 4 is 17.0 Å². The van der Waals surface area contributed by atoms with Crippen LogP contribution in [0, 0.1) is 5.92 Å². The van der Waals surface area contributed by atoms with Crippen molar-refractivity contribution in [1.82, 2.24) is 15.2 Å². The van der Waals surface area contributed by atoms with Gasteiger partial charge in [0.2, 0.25) is 5.91 Å². The maximum Gasteiger partial charge on any atom is 0.400 e. The van der Waals surface area contributed by atoms with Gasteiger partial charge >= 0.3 is 6.08 Å². The Labute approximate surface area is 193 Å². The molecule has 0 atom stereocenters. The van der Waals surface area contributed by atoms with Gasteiger partial charge in [0.15, 0.2) is 5.58 Å². The number of hydrogen-bond donors (Lipinski definition) is 2. The Morgan fingerprint density at radius 2 is 1.85 bits per heavy atom. The average Bonchev–Trinajstić information content (AvgIpc) is 3.23. The van der Waals surface area contributed by atoms with E-state index in [9.17, 15) is 9.90 Å². The first-order valence-electron chi connectivity index (χ1n) is 11.3. The van der Waals surface area contributed by atoms with Crippen LogP contribution in [0.3, 0.4) is 0 Å². The topological polar surface area (TPSA) is 97.1 Å². The standard InChI is InChI=1S/C25H31N3O5/c1-25(2,17-29)27-23(30)18-11-13-28(14-12-18)15-16-31-19-7-9-20(10-8-19)32-24-26-21-5-3-4-6-22(21)33-24/h3-10,18,29H,11-17H2,1-2H3,(H,27,30). The van der Waals surface area contributed by atoms with Crippen LogP contribution >= 0.6 is 0 Å². The molecule has 0 saturated carbocycles. The number of ether oxygens (including phenoxy) is 2. The number of piperidine rings is 1. The van der Waals surface area contributed by atoms with Crippen molar-refractivity contribution in [3.8, 4) is 17.6 Å². The van der Waals surface area contributed by atoms with Crippen LogP contribution in [0.4, 0.5) is 0 Å².